The molecule has 3 N–H and O–H groups in total. The maximum atomic E-state index is 13.1. The van der Waals surface area contributed by atoms with Crippen molar-refractivity contribution in [3.8, 4) is 0 Å². The van der Waals surface area contributed by atoms with Crippen LogP contribution in [0.1, 0.15) is 78.3 Å². The minimum Gasteiger partial charge on any atom is -0.456 e. The number of esters is 1. The van der Waals surface area contributed by atoms with Gasteiger partial charge in [0, 0.05) is 12.3 Å². The molecule has 0 radical (unpaired) electrons. The van der Waals surface area contributed by atoms with Gasteiger partial charge in [0.05, 0.1) is 29.1 Å². The van der Waals surface area contributed by atoms with Crippen LogP contribution in [0.2, 0.25) is 0 Å². The summed E-state index contributed by atoms with van der Waals surface area (Å²) >= 11 is 6.49. The third-order valence-corrected chi connectivity index (χ3v) is 7.17. The first-order valence-electron chi connectivity index (χ1n) is 12.0. The predicted molar refractivity (Wildman–Crippen MR) is 132 cm³/mol. The van der Waals surface area contributed by atoms with Crippen molar-refractivity contribution in [3.05, 3.63) is 34.5 Å². The van der Waals surface area contributed by atoms with Gasteiger partial charge in [-0.25, -0.2) is 4.98 Å². The van der Waals surface area contributed by atoms with Crippen molar-refractivity contribution < 1.29 is 34.1 Å². The third-order valence-electron chi connectivity index (χ3n) is 6.82. The van der Waals surface area contributed by atoms with E-state index in [-0.39, 0.29) is 29.2 Å². The average molecular weight is 512 g/mol. The monoisotopic (exact) mass is 511 g/mol. The van der Waals surface area contributed by atoms with Crippen LogP contribution in [0, 0.1) is 17.3 Å². The van der Waals surface area contributed by atoms with E-state index in [0.717, 1.165) is 24.8 Å². The highest BCUT2D eigenvalue weighted by Crippen LogP contribution is 2.32. The first-order valence-corrected chi connectivity index (χ1v) is 12.4. The van der Waals surface area contributed by atoms with E-state index in [4.69, 9.17) is 25.9 Å². The van der Waals surface area contributed by atoms with Gasteiger partial charge >= 0.3 is 5.97 Å². The predicted octanol–water partition coefficient (Wildman–Crippen LogP) is 4.16. The fourth-order valence-electron chi connectivity index (χ4n) is 4.22. The largest absolute Gasteiger partial charge is 0.456 e. The van der Waals surface area contributed by atoms with Crippen LogP contribution >= 0.6 is 11.6 Å². The second-order valence-corrected chi connectivity index (χ2v) is 10.5. The van der Waals surface area contributed by atoms with Gasteiger partial charge in [0.15, 0.2) is 0 Å². The summed E-state index contributed by atoms with van der Waals surface area (Å²) in [5.41, 5.74) is 0.193. The summed E-state index contributed by atoms with van der Waals surface area (Å²) in [5, 5.41) is 30.9. The molecule has 0 spiro atoms. The molecule has 1 aromatic heterocycles. The zero-order chi connectivity index (χ0) is 26.3. The summed E-state index contributed by atoms with van der Waals surface area (Å²) in [4.78, 5) is 30.0. The topological polar surface area (TPSA) is 130 Å². The Kier molecular flexibility index (Phi) is 10.7. The molecule has 0 fully saturated rings. The summed E-state index contributed by atoms with van der Waals surface area (Å²) in [7, 11) is 0. The van der Waals surface area contributed by atoms with Crippen LogP contribution in [-0.2, 0) is 20.9 Å². The molecular weight excluding hydrogens is 474 g/mol. The Hall–Kier alpha value is -2.00. The number of aromatic nitrogens is 1. The van der Waals surface area contributed by atoms with E-state index >= 15 is 0 Å². The smallest absolute Gasteiger partial charge is 0.309 e. The van der Waals surface area contributed by atoms with Crippen LogP contribution in [0.3, 0.4) is 0 Å². The second-order valence-electron chi connectivity index (χ2n) is 10.1. The van der Waals surface area contributed by atoms with E-state index in [1.165, 1.54) is 12.3 Å². The minimum absolute atomic E-state index is 0.0936. The second kappa shape index (κ2) is 12.8. The van der Waals surface area contributed by atoms with Crippen LogP contribution in [-0.4, -0.2) is 50.4 Å². The molecule has 0 bridgehead atoms. The Labute approximate surface area is 212 Å². The third kappa shape index (κ3) is 8.00. The number of hydrogen-bond donors (Lipinski definition) is 3. The van der Waals surface area contributed by atoms with E-state index < -0.39 is 42.0 Å². The molecule has 5 atom stereocenters. The van der Waals surface area contributed by atoms with Crippen LogP contribution in [0.5, 0.6) is 0 Å². The van der Waals surface area contributed by atoms with Crippen LogP contribution in [0.15, 0.2) is 27.4 Å². The molecule has 8 nitrogen and oxygen atoms in total. The molecule has 0 amide bonds. The van der Waals surface area contributed by atoms with Crippen molar-refractivity contribution in [1.29, 1.82) is 0 Å². The van der Waals surface area contributed by atoms with Crippen molar-refractivity contribution in [2.24, 2.45) is 17.3 Å². The normalized spacial score (nSPS) is 30.0. The number of hydrogen-bond acceptors (Lipinski definition) is 8. The van der Waals surface area contributed by atoms with E-state index in [0.29, 0.717) is 12.1 Å². The summed E-state index contributed by atoms with van der Waals surface area (Å²) in [6, 6.07) is 0. The molecule has 2 rings (SSSR count). The molecule has 35 heavy (non-hydrogen) atoms. The Morgan fingerprint density at radius 3 is 2.60 bits per heavy atom. The lowest BCUT2D eigenvalue weighted by molar-refractivity contribution is -0.153. The van der Waals surface area contributed by atoms with Gasteiger partial charge in [-0.05, 0) is 38.2 Å². The number of carbonyl (C=O) groups is 2. The standard InChI is InChI=1S/C26H38ClNO7/c1-15-7-6-8-16(2)24(32)17(3)25(33)26(4,5)21(30)12-23(31)35-20(10-9-15)19(27)11-18-14-34-22(13-29)28-18/h9,11,14,16-17,20-21,24,29-30,32H,6-8,10,12-13H2,1-5H3/t16-,17+,20-,21-,24-/m0/s1. The zero-order valence-corrected chi connectivity index (χ0v) is 21.9. The lowest BCUT2D eigenvalue weighted by Crippen LogP contribution is -2.45. The first-order chi connectivity index (χ1) is 16.4. The lowest BCUT2D eigenvalue weighted by atomic mass is 9.73. The Bertz CT molecular complexity index is 936. The highest BCUT2D eigenvalue weighted by atomic mass is 35.5. The number of nitrogens with zero attached hydrogens (tertiary/aromatic N) is 1. The van der Waals surface area contributed by atoms with Crippen LogP contribution in [0.4, 0.5) is 0 Å². The van der Waals surface area contributed by atoms with Gasteiger partial charge in [0.1, 0.15) is 30.5 Å². The SMILES string of the molecule is CC1=CC[C@@H](C(Cl)=Cc2coc(CO)n2)OC(=O)C[C@H](O)C(C)(C)C(=O)[C@H](C)[C@@H](O)[C@@H](C)CCC1. The Morgan fingerprint density at radius 2 is 1.97 bits per heavy atom. The highest BCUT2D eigenvalue weighted by molar-refractivity contribution is 6.32. The Morgan fingerprint density at radius 1 is 1.29 bits per heavy atom. The number of ether oxygens (including phenoxy) is 1. The van der Waals surface area contributed by atoms with Gasteiger partial charge in [-0.2, -0.15) is 0 Å². The number of halogens is 1. The molecule has 1 aromatic rings. The van der Waals surface area contributed by atoms with E-state index in [1.807, 2.05) is 19.9 Å². The minimum atomic E-state index is -1.30. The number of ketones is 1. The van der Waals surface area contributed by atoms with Gasteiger partial charge in [0.2, 0.25) is 5.89 Å². The van der Waals surface area contributed by atoms with E-state index in [2.05, 4.69) is 4.98 Å². The van der Waals surface area contributed by atoms with Gasteiger partial charge in [-0.3, -0.25) is 9.59 Å². The number of aliphatic hydroxyl groups excluding tert-OH is 3. The van der Waals surface area contributed by atoms with Gasteiger partial charge in [-0.1, -0.05) is 50.9 Å². The van der Waals surface area contributed by atoms with Crippen LogP contribution in [0.25, 0.3) is 6.08 Å². The van der Waals surface area contributed by atoms with Crippen molar-refractivity contribution in [2.45, 2.75) is 91.6 Å². The molecule has 0 aliphatic carbocycles. The maximum absolute atomic E-state index is 13.1. The summed E-state index contributed by atoms with van der Waals surface area (Å²) in [5.74, 6) is -1.66. The molecule has 196 valence electrons. The number of carbonyl (C=O) groups excluding carboxylic acids is 2. The fourth-order valence-corrected chi connectivity index (χ4v) is 4.46. The molecular formula is C26H38ClNO7. The van der Waals surface area contributed by atoms with Crippen molar-refractivity contribution >= 4 is 29.4 Å². The van der Waals surface area contributed by atoms with Gasteiger partial charge in [-0.15, -0.1) is 0 Å². The van der Waals surface area contributed by atoms with Gasteiger partial charge < -0.3 is 24.5 Å². The van der Waals surface area contributed by atoms with E-state index in [9.17, 15) is 19.8 Å². The molecule has 0 saturated carbocycles. The molecule has 2 heterocycles. The summed E-state index contributed by atoms with van der Waals surface area (Å²) in [6.07, 6.45) is 4.08. The number of aliphatic hydroxyl groups is 3. The molecule has 1 aliphatic heterocycles. The number of Topliss-reactive ketones (excluding diaryl/α,β-unsaturated/α-hetero) is 1. The maximum Gasteiger partial charge on any atom is 0.309 e. The zero-order valence-electron chi connectivity index (χ0n) is 21.2. The number of rotatable bonds is 3. The van der Waals surface area contributed by atoms with Crippen molar-refractivity contribution in [1.82, 2.24) is 4.98 Å². The molecule has 0 saturated heterocycles. The van der Waals surface area contributed by atoms with Crippen molar-refractivity contribution in [3.63, 3.8) is 0 Å². The van der Waals surface area contributed by atoms with Gasteiger partial charge in [0.25, 0.3) is 0 Å². The lowest BCUT2D eigenvalue weighted by Gasteiger charge is -2.34. The number of allylic oxidation sites excluding steroid dienone is 1. The molecule has 0 aromatic carbocycles. The van der Waals surface area contributed by atoms with Crippen molar-refractivity contribution in [2.75, 3.05) is 0 Å². The Balaban J connectivity index is 2.33. The quantitative estimate of drug-likeness (QED) is 0.407. The summed E-state index contributed by atoms with van der Waals surface area (Å²) in [6.45, 7) is 8.35. The van der Waals surface area contributed by atoms with E-state index in [1.54, 1.807) is 20.8 Å². The molecule has 1 aliphatic rings. The van der Waals surface area contributed by atoms with Crippen LogP contribution < -0.4 is 0 Å². The number of cyclic esters (lactones) is 1. The first kappa shape index (κ1) is 29.2. The average Bonchev–Trinajstić information content (AvgIpc) is 3.26. The molecule has 0 unspecified atom stereocenters. The summed E-state index contributed by atoms with van der Waals surface area (Å²) < 4.78 is 10.7. The highest BCUT2D eigenvalue weighted by Gasteiger charge is 2.42. The fraction of sp³-hybridized carbons (Fsp3) is 0.654. The number of oxazole rings is 1. The molecule has 9 heteroatoms.